The number of rotatable bonds is 10. The highest BCUT2D eigenvalue weighted by Crippen LogP contribution is 2.28. The number of carbonyl (C=O) groups is 2. The van der Waals surface area contributed by atoms with Crippen molar-refractivity contribution in [1.82, 2.24) is 10.2 Å². The molecule has 35 heavy (non-hydrogen) atoms. The van der Waals surface area contributed by atoms with Crippen LogP contribution in [0.2, 0.25) is 20.1 Å². The minimum Gasteiger partial charge on any atom is -0.354 e. The van der Waals surface area contributed by atoms with Gasteiger partial charge < -0.3 is 10.2 Å². The van der Waals surface area contributed by atoms with Crippen LogP contribution in [-0.2, 0) is 29.0 Å². The Balaban J connectivity index is 2.02. The topological polar surface area (TPSA) is 49.4 Å². The molecule has 1 N–H and O–H groups in total. The lowest BCUT2D eigenvalue weighted by atomic mass is 10.0. The normalized spacial score (nSPS) is 11.7. The Hall–Kier alpha value is -2.24. The summed E-state index contributed by atoms with van der Waals surface area (Å²) in [6.45, 7) is 2.60. The summed E-state index contributed by atoms with van der Waals surface area (Å²) in [6.07, 6.45) is 1.05. The van der Waals surface area contributed by atoms with Crippen LogP contribution in [0.4, 0.5) is 0 Å². The van der Waals surface area contributed by atoms with E-state index in [4.69, 9.17) is 46.4 Å². The first-order valence-corrected chi connectivity index (χ1v) is 12.8. The fourth-order valence-electron chi connectivity index (χ4n) is 3.71. The van der Waals surface area contributed by atoms with E-state index in [1.165, 1.54) is 0 Å². The molecule has 4 nitrogen and oxygen atoms in total. The average Bonchev–Trinajstić information content (AvgIpc) is 2.84. The molecule has 0 bridgehead atoms. The first-order valence-electron chi connectivity index (χ1n) is 11.3. The van der Waals surface area contributed by atoms with Gasteiger partial charge in [0.05, 0.1) is 6.42 Å². The van der Waals surface area contributed by atoms with E-state index >= 15 is 0 Å². The number of carbonyl (C=O) groups excluding carboxylic acids is 2. The number of halogens is 4. The second-order valence-electron chi connectivity index (χ2n) is 8.13. The largest absolute Gasteiger partial charge is 0.354 e. The Morgan fingerprint density at radius 2 is 1.57 bits per heavy atom. The summed E-state index contributed by atoms with van der Waals surface area (Å²) < 4.78 is 0. The summed E-state index contributed by atoms with van der Waals surface area (Å²) in [5.74, 6) is -0.530. The fourth-order valence-corrected chi connectivity index (χ4v) is 4.71. The van der Waals surface area contributed by atoms with Gasteiger partial charge in [-0.3, -0.25) is 9.59 Å². The van der Waals surface area contributed by atoms with Gasteiger partial charge in [-0.15, -0.1) is 0 Å². The molecule has 0 radical (unpaired) electrons. The van der Waals surface area contributed by atoms with E-state index in [1.54, 1.807) is 41.3 Å². The average molecular weight is 552 g/mol. The highest BCUT2D eigenvalue weighted by atomic mass is 35.5. The van der Waals surface area contributed by atoms with E-state index < -0.39 is 6.04 Å². The SMILES string of the molecule is CCCNC(=O)[C@H](Cc1ccccc1)N(Cc1ccc(Cl)cc1Cl)C(=O)Cc1c(Cl)cccc1Cl. The van der Waals surface area contributed by atoms with Crippen LogP contribution in [0.5, 0.6) is 0 Å². The summed E-state index contributed by atoms with van der Waals surface area (Å²) in [5.41, 5.74) is 2.12. The number of amides is 2. The van der Waals surface area contributed by atoms with Gasteiger partial charge in [0.2, 0.25) is 11.8 Å². The van der Waals surface area contributed by atoms with Crippen molar-refractivity contribution < 1.29 is 9.59 Å². The van der Waals surface area contributed by atoms with Gasteiger partial charge in [0.1, 0.15) is 6.04 Å². The van der Waals surface area contributed by atoms with Gasteiger partial charge in [-0.2, -0.15) is 0 Å². The molecule has 0 unspecified atom stereocenters. The molecule has 0 aliphatic rings. The quantitative estimate of drug-likeness (QED) is 0.294. The molecule has 0 aliphatic heterocycles. The van der Waals surface area contributed by atoms with Crippen LogP contribution in [-0.4, -0.2) is 29.3 Å². The predicted molar refractivity (Wildman–Crippen MR) is 144 cm³/mol. The van der Waals surface area contributed by atoms with Gasteiger partial charge in [0.15, 0.2) is 0 Å². The summed E-state index contributed by atoms with van der Waals surface area (Å²) in [7, 11) is 0. The summed E-state index contributed by atoms with van der Waals surface area (Å²) >= 11 is 25.2. The second-order valence-corrected chi connectivity index (χ2v) is 9.79. The van der Waals surface area contributed by atoms with Crippen LogP contribution >= 0.6 is 46.4 Å². The van der Waals surface area contributed by atoms with Gasteiger partial charge in [0.25, 0.3) is 0 Å². The van der Waals surface area contributed by atoms with Gasteiger partial charge in [-0.05, 0) is 47.4 Å². The van der Waals surface area contributed by atoms with Gasteiger partial charge in [0, 0.05) is 39.6 Å². The molecule has 0 saturated carbocycles. The van der Waals surface area contributed by atoms with Crippen LogP contribution < -0.4 is 5.32 Å². The lowest BCUT2D eigenvalue weighted by molar-refractivity contribution is -0.140. The molecule has 0 aliphatic carbocycles. The van der Waals surface area contributed by atoms with E-state index in [1.807, 2.05) is 37.3 Å². The van der Waals surface area contributed by atoms with Crippen LogP contribution in [0.3, 0.4) is 0 Å². The summed E-state index contributed by atoms with van der Waals surface area (Å²) in [4.78, 5) is 28.7. The molecule has 0 heterocycles. The molecule has 0 fully saturated rings. The molecule has 0 saturated heterocycles. The van der Waals surface area contributed by atoms with E-state index in [9.17, 15) is 9.59 Å². The Bertz CT molecular complexity index is 1150. The Morgan fingerprint density at radius 3 is 2.20 bits per heavy atom. The summed E-state index contributed by atoms with van der Waals surface area (Å²) in [5, 5.41) is 4.64. The van der Waals surface area contributed by atoms with E-state index in [0.29, 0.717) is 44.2 Å². The first-order chi connectivity index (χ1) is 16.8. The summed E-state index contributed by atoms with van der Waals surface area (Å²) in [6, 6.07) is 19.0. The van der Waals surface area contributed by atoms with Crippen LogP contribution in [0, 0.1) is 0 Å². The molecular formula is C27H26Cl4N2O2. The maximum atomic E-state index is 13.8. The lowest BCUT2D eigenvalue weighted by Crippen LogP contribution is -2.51. The lowest BCUT2D eigenvalue weighted by Gasteiger charge is -2.32. The zero-order valence-corrected chi connectivity index (χ0v) is 22.3. The van der Waals surface area contributed by atoms with Crippen molar-refractivity contribution in [2.45, 2.75) is 38.8 Å². The minimum atomic E-state index is -0.774. The Labute approximate surface area is 226 Å². The first kappa shape index (κ1) is 27.3. The highest BCUT2D eigenvalue weighted by Gasteiger charge is 2.31. The van der Waals surface area contributed by atoms with Crippen molar-refractivity contribution in [1.29, 1.82) is 0 Å². The number of benzene rings is 3. The number of hydrogen-bond acceptors (Lipinski definition) is 2. The molecule has 8 heteroatoms. The molecule has 0 spiro atoms. The number of nitrogens with zero attached hydrogens (tertiary/aromatic N) is 1. The second kappa shape index (κ2) is 13.2. The number of nitrogens with one attached hydrogen (secondary N) is 1. The third-order valence-corrected chi connectivity index (χ3v) is 6.86. The third-order valence-electron chi connectivity index (χ3n) is 5.57. The van der Waals surface area contributed by atoms with Crippen molar-refractivity contribution in [3.63, 3.8) is 0 Å². The standard InChI is InChI=1S/C27H26Cl4N2O2/c1-2-13-32-27(35)25(14-18-7-4-3-5-8-18)33(17-19-11-12-20(28)15-24(19)31)26(34)16-21-22(29)9-6-10-23(21)30/h3-12,15,25H,2,13-14,16-17H2,1H3,(H,32,35)/t25-/m0/s1. The Morgan fingerprint density at radius 1 is 0.886 bits per heavy atom. The van der Waals surface area contributed by atoms with Crippen molar-refractivity contribution >= 4 is 58.2 Å². The molecule has 3 rings (SSSR count). The van der Waals surface area contributed by atoms with E-state index in [2.05, 4.69) is 5.32 Å². The van der Waals surface area contributed by atoms with Gasteiger partial charge in [-0.1, -0.05) is 95.8 Å². The maximum absolute atomic E-state index is 13.8. The predicted octanol–water partition coefficient (Wildman–Crippen LogP) is 7.01. The zero-order valence-electron chi connectivity index (χ0n) is 19.2. The van der Waals surface area contributed by atoms with Crippen LogP contribution in [0.15, 0.2) is 66.7 Å². The maximum Gasteiger partial charge on any atom is 0.243 e. The van der Waals surface area contributed by atoms with Gasteiger partial charge in [-0.25, -0.2) is 0 Å². The fraction of sp³-hybridized carbons (Fsp3) is 0.259. The van der Waals surface area contributed by atoms with Crippen molar-refractivity contribution in [3.8, 4) is 0 Å². The van der Waals surface area contributed by atoms with Crippen LogP contribution in [0.25, 0.3) is 0 Å². The monoisotopic (exact) mass is 550 g/mol. The van der Waals surface area contributed by atoms with Crippen molar-refractivity contribution in [2.75, 3.05) is 6.54 Å². The van der Waals surface area contributed by atoms with E-state index in [-0.39, 0.29) is 24.8 Å². The molecule has 3 aromatic carbocycles. The third kappa shape index (κ3) is 7.62. The zero-order chi connectivity index (χ0) is 25.4. The Kier molecular flexibility index (Phi) is 10.3. The molecule has 2 amide bonds. The van der Waals surface area contributed by atoms with Crippen molar-refractivity contribution in [2.24, 2.45) is 0 Å². The van der Waals surface area contributed by atoms with Crippen molar-refractivity contribution in [3.05, 3.63) is 104 Å². The molecule has 184 valence electrons. The molecule has 1 atom stereocenters. The van der Waals surface area contributed by atoms with Gasteiger partial charge >= 0.3 is 0 Å². The minimum absolute atomic E-state index is 0.0595. The number of hydrogen-bond donors (Lipinski definition) is 1. The smallest absolute Gasteiger partial charge is 0.243 e. The molecule has 3 aromatic rings. The van der Waals surface area contributed by atoms with E-state index in [0.717, 1.165) is 12.0 Å². The molecule has 0 aromatic heterocycles. The molecular weight excluding hydrogens is 526 g/mol. The highest BCUT2D eigenvalue weighted by molar-refractivity contribution is 6.36. The van der Waals surface area contributed by atoms with Crippen LogP contribution in [0.1, 0.15) is 30.0 Å².